The summed E-state index contributed by atoms with van der Waals surface area (Å²) in [5.41, 5.74) is 2.03. The lowest BCUT2D eigenvalue weighted by Gasteiger charge is -2.06. The summed E-state index contributed by atoms with van der Waals surface area (Å²) in [4.78, 5) is 12.1. The first kappa shape index (κ1) is 18.3. The minimum atomic E-state index is -1.06. The summed E-state index contributed by atoms with van der Waals surface area (Å²) < 4.78 is 36.7. The van der Waals surface area contributed by atoms with Crippen molar-refractivity contribution >= 4 is 11.9 Å². The third-order valence-corrected chi connectivity index (χ3v) is 3.86. The first-order chi connectivity index (χ1) is 13.0. The standard InChI is InChI=1S/C20H16F2N2O3/c1-26-15-7-13(8-16(11-15)27-2)19-10-14(23-24-19)4-6-20(25)12-3-5-17(21)18(22)9-12/h3-11H,1-2H3,(H,23,24). The first-order valence-electron chi connectivity index (χ1n) is 7.96. The van der Waals surface area contributed by atoms with Crippen molar-refractivity contribution in [1.82, 2.24) is 10.2 Å². The molecule has 1 heterocycles. The highest BCUT2D eigenvalue weighted by molar-refractivity contribution is 6.06. The number of nitrogens with zero attached hydrogens (tertiary/aromatic N) is 1. The van der Waals surface area contributed by atoms with Crippen LogP contribution < -0.4 is 9.47 Å². The SMILES string of the molecule is COc1cc(OC)cc(-c2cc(C=CC(=O)c3ccc(F)c(F)c3)[nH]n2)c1. The number of ketones is 1. The number of rotatable bonds is 6. The predicted octanol–water partition coefficient (Wildman–Crippen LogP) is 4.27. The minimum absolute atomic E-state index is 0.0578. The van der Waals surface area contributed by atoms with E-state index in [0.29, 0.717) is 22.9 Å². The third kappa shape index (κ3) is 4.20. The fourth-order valence-electron chi connectivity index (χ4n) is 2.44. The Balaban J connectivity index is 1.80. The van der Waals surface area contributed by atoms with Crippen LogP contribution in [-0.2, 0) is 0 Å². The molecule has 0 aliphatic heterocycles. The number of methoxy groups -OCH3 is 2. The van der Waals surface area contributed by atoms with E-state index in [0.717, 1.165) is 17.7 Å². The maximum Gasteiger partial charge on any atom is 0.186 e. The van der Waals surface area contributed by atoms with Crippen LogP contribution in [0.5, 0.6) is 11.5 Å². The second kappa shape index (κ2) is 7.82. The molecule has 5 nitrogen and oxygen atoms in total. The second-order valence-electron chi connectivity index (χ2n) is 5.64. The first-order valence-corrected chi connectivity index (χ1v) is 7.96. The van der Waals surface area contributed by atoms with Gasteiger partial charge < -0.3 is 9.47 Å². The summed E-state index contributed by atoms with van der Waals surface area (Å²) in [6.07, 6.45) is 2.77. The second-order valence-corrected chi connectivity index (χ2v) is 5.64. The fraction of sp³-hybridized carbons (Fsp3) is 0.100. The topological polar surface area (TPSA) is 64.2 Å². The number of H-pyrrole nitrogens is 1. The van der Waals surface area contributed by atoms with Crippen LogP contribution >= 0.6 is 0 Å². The molecule has 7 heteroatoms. The molecule has 0 spiro atoms. The highest BCUT2D eigenvalue weighted by atomic mass is 19.2. The number of ether oxygens (including phenoxy) is 2. The highest BCUT2D eigenvalue weighted by Gasteiger charge is 2.09. The normalized spacial score (nSPS) is 11.0. The van der Waals surface area contributed by atoms with Gasteiger partial charge in [-0.05, 0) is 48.6 Å². The number of aromatic nitrogens is 2. The molecule has 0 atom stereocenters. The smallest absolute Gasteiger partial charge is 0.186 e. The maximum absolute atomic E-state index is 13.2. The summed E-state index contributed by atoms with van der Waals surface area (Å²) in [6, 6.07) is 10.1. The van der Waals surface area contributed by atoms with E-state index in [1.165, 1.54) is 18.2 Å². The monoisotopic (exact) mass is 370 g/mol. The van der Waals surface area contributed by atoms with E-state index in [2.05, 4.69) is 10.2 Å². The lowest BCUT2D eigenvalue weighted by atomic mass is 10.1. The number of halogens is 2. The Bertz CT molecular complexity index is 990. The number of hydrogen-bond donors (Lipinski definition) is 1. The molecule has 1 aromatic heterocycles. The van der Waals surface area contributed by atoms with Crippen molar-refractivity contribution in [3.8, 4) is 22.8 Å². The van der Waals surface area contributed by atoms with Crippen LogP contribution in [0.1, 0.15) is 16.1 Å². The molecule has 3 rings (SSSR count). The van der Waals surface area contributed by atoms with Crippen LogP contribution in [0.4, 0.5) is 8.78 Å². The Hall–Kier alpha value is -3.48. The molecule has 0 radical (unpaired) electrons. The van der Waals surface area contributed by atoms with E-state index in [-0.39, 0.29) is 5.56 Å². The van der Waals surface area contributed by atoms with Crippen molar-refractivity contribution < 1.29 is 23.0 Å². The largest absolute Gasteiger partial charge is 0.497 e. The van der Waals surface area contributed by atoms with Gasteiger partial charge in [0.25, 0.3) is 0 Å². The number of carbonyl (C=O) groups excluding carboxylic acids is 1. The van der Waals surface area contributed by atoms with Crippen LogP contribution in [0.25, 0.3) is 17.3 Å². The molecule has 0 aliphatic rings. The molecule has 0 saturated heterocycles. The molecule has 2 aromatic carbocycles. The summed E-state index contributed by atoms with van der Waals surface area (Å²) >= 11 is 0. The van der Waals surface area contributed by atoms with E-state index in [1.54, 1.807) is 38.5 Å². The summed E-state index contributed by atoms with van der Waals surface area (Å²) in [5, 5.41) is 7.01. The molecule has 138 valence electrons. The average molecular weight is 370 g/mol. The highest BCUT2D eigenvalue weighted by Crippen LogP contribution is 2.29. The third-order valence-electron chi connectivity index (χ3n) is 3.86. The van der Waals surface area contributed by atoms with Crippen molar-refractivity contribution in [2.75, 3.05) is 14.2 Å². The predicted molar refractivity (Wildman–Crippen MR) is 96.9 cm³/mol. The van der Waals surface area contributed by atoms with Gasteiger partial charge in [-0.25, -0.2) is 8.78 Å². The van der Waals surface area contributed by atoms with Crippen LogP contribution in [-0.4, -0.2) is 30.2 Å². The molecular weight excluding hydrogens is 354 g/mol. The zero-order valence-electron chi connectivity index (χ0n) is 14.6. The van der Waals surface area contributed by atoms with Gasteiger partial charge in [-0.3, -0.25) is 9.89 Å². The summed E-state index contributed by atoms with van der Waals surface area (Å²) in [6.45, 7) is 0. The van der Waals surface area contributed by atoms with Crippen LogP contribution in [0.3, 0.4) is 0 Å². The van der Waals surface area contributed by atoms with Gasteiger partial charge in [0.2, 0.25) is 0 Å². The maximum atomic E-state index is 13.2. The lowest BCUT2D eigenvalue weighted by molar-refractivity contribution is 0.104. The number of carbonyl (C=O) groups is 1. The Morgan fingerprint density at radius 2 is 1.70 bits per heavy atom. The van der Waals surface area contributed by atoms with Crippen molar-refractivity contribution in [1.29, 1.82) is 0 Å². The molecule has 0 unspecified atom stereocenters. The average Bonchev–Trinajstić information content (AvgIpc) is 3.16. The summed E-state index contributed by atoms with van der Waals surface area (Å²) in [5.74, 6) is -1.27. The molecule has 0 fully saturated rings. The number of nitrogens with one attached hydrogen (secondary N) is 1. The Morgan fingerprint density at radius 1 is 1.00 bits per heavy atom. The summed E-state index contributed by atoms with van der Waals surface area (Å²) in [7, 11) is 3.11. The van der Waals surface area contributed by atoms with Gasteiger partial charge in [-0.2, -0.15) is 5.10 Å². The van der Waals surface area contributed by atoms with Gasteiger partial charge in [0.05, 0.1) is 25.6 Å². The Morgan fingerprint density at radius 3 is 2.33 bits per heavy atom. The number of aromatic amines is 1. The quantitative estimate of drug-likeness (QED) is 0.520. The van der Waals surface area contributed by atoms with Crippen molar-refractivity contribution in [2.24, 2.45) is 0 Å². The van der Waals surface area contributed by atoms with Gasteiger partial charge in [-0.1, -0.05) is 0 Å². The molecule has 1 N–H and O–H groups in total. The van der Waals surface area contributed by atoms with Crippen molar-refractivity contribution in [3.63, 3.8) is 0 Å². The lowest BCUT2D eigenvalue weighted by Crippen LogP contribution is -1.96. The zero-order chi connectivity index (χ0) is 19.4. The fourth-order valence-corrected chi connectivity index (χ4v) is 2.44. The van der Waals surface area contributed by atoms with Gasteiger partial charge in [0.15, 0.2) is 17.4 Å². The van der Waals surface area contributed by atoms with E-state index < -0.39 is 17.4 Å². The van der Waals surface area contributed by atoms with Gasteiger partial charge in [-0.15, -0.1) is 0 Å². The van der Waals surface area contributed by atoms with E-state index >= 15 is 0 Å². The van der Waals surface area contributed by atoms with Gasteiger partial charge in [0.1, 0.15) is 11.5 Å². The van der Waals surface area contributed by atoms with Crippen molar-refractivity contribution in [3.05, 3.63) is 71.4 Å². The molecule has 0 aliphatic carbocycles. The molecule has 0 saturated carbocycles. The molecule has 0 amide bonds. The van der Waals surface area contributed by atoms with Gasteiger partial charge in [0, 0.05) is 17.2 Å². The molecule has 3 aromatic rings. The number of hydrogen-bond acceptors (Lipinski definition) is 4. The Labute approximate surface area is 154 Å². The van der Waals surface area contributed by atoms with E-state index in [9.17, 15) is 13.6 Å². The number of benzene rings is 2. The number of allylic oxidation sites excluding steroid dienone is 1. The van der Waals surface area contributed by atoms with Crippen LogP contribution in [0, 0.1) is 11.6 Å². The van der Waals surface area contributed by atoms with E-state index in [1.807, 2.05) is 0 Å². The molecule has 0 bridgehead atoms. The zero-order valence-corrected chi connectivity index (χ0v) is 14.6. The Kier molecular flexibility index (Phi) is 5.30. The van der Waals surface area contributed by atoms with Crippen LogP contribution in [0.2, 0.25) is 0 Å². The van der Waals surface area contributed by atoms with Gasteiger partial charge >= 0.3 is 0 Å². The van der Waals surface area contributed by atoms with Crippen molar-refractivity contribution in [2.45, 2.75) is 0 Å². The van der Waals surface area contributed by atoms with Crippen LogP contribution in [0.15, 0.2) is 48.5 Å². The molecule has 27 heavy (non-hydrogen) atoms. The molecular formula is C20H16F2N2O3. The van der Waals surface area contributed by atoms with E-state index in [4.69, 9.17) is 9.47 Å². The minimum Gasteiger partial charge on any atom is -0.497 e.